The Hall–Kier alpha value is -1.93. The third kappa shape index (κ3) is 2.91. The van der Waals surface area contributed by atoms with Gasteiger partial charge < -0.3 is 21.7 Å². The first-order valence-corrected chi connectivity index (χ1v) is 7.43. The second-order valence-electron chi connectivity index (χ2n) is 5.27. The van der Waals surface area contributed by atoms with Gasteiger partial charge in [-0.05, 0) is 41.8 Å². The molecular weight excluding hydrogens is 283 g/mol. The van der Waals surface area contributed by atoms with Crippen molar-refractivity contribution in [3.63, 3.8) is 0 Å². The number of rotatable bonds is 4. The molecule has 1 atom stereocenters. The van der Waals surface area contributed by atoms with E-state index in [9.17, 15) is 10.2 Å². The van der Waals surface area contributed by atoms with Crippen LogP contribution in [-0.4, -0.2) is 10.2 Å². The standard InChI is InChI=1S/C16H21N2O2P/c1-2-7-16(21,10-3-5-14(19)12(17)8-10)11-4-6-15(20)13(18)9-11/h3-6,8-9,19-20H,2,7,17-18,21H2,1H3. The maximum Gasteiger partial charge on any atom is 0.138 e. The molecule has 1 unspecified atom stereocenters. The van der Waals surface area contributed by atoms with Crippen LogP contribution in [0.4, 0.5) is 11.4 Å². The van der Waals surface area contributed by atoms with E-state index >= 15 is 0 Å². The lowest BCUT2D eigenvalue weighted by Gasteiger charge is -2.31. The highest BCUT2D eigenvalue weighted by molar-refractivity contribution is 7.19. The minimum Gasteiger partial charge on any atom is -0.506 e. The second-order valence-corrected chi connectivity index (χ2v) is 6.25. The fraction of sp³-hybridized carbons (Fsp3) is 0.250. The summed E-state index contributed by atoms with van der Waals surface area (Å²) in [6.45, 7) is 2.10. The van der Waals surface area contributed by atoms with Crippen LogP contribution >= 0.6 is 9.24 Å². The van der Waals surface area contributed by atoms with Gasteiger partial charge in [-0.1, -0.05) is 25.5 Å². The van der Waals surface area contributed by atoms with Gasteiger partial charge in [0.1, 0.15) is 11.5 Å². The van der Waals surface area contributed by atoms with Crippen molar-refractivity contribution >= 4 is 20.6 Å². The molecule has 0 aliphatic carbocycles. The normalized spacial score (nSPS) is 11.5. The molecule has 0 spiro atoms. The number of nitrogens with two attached hydrogens (primary N) is 2. The SMILES string of the molecule is CCCC(P)(c1ccc(O)c(N)c1)c1ccc(O)c(N)c1. The minimum atomic E-state index is -0.363. The van der Waals surface area contributed by atoms with Crippen molar-refractivity contribution in [2.24, 2.45) is 0 Å². The predicted octanol–water partition coefficient (Wildman–Crippen LogP) is 3.18. The number of hydrogen-bond acceptors (Lipinski definition) is 4. The van der Waals surface area contributed by atoms with Gasteiger partial charge in [-0.15, -0.1) is 9.24 Å². The Bertz CT molecular complexity index is 607. The van der Waals surface area contributed by atoms with Crippen LogP contribution in [0.25, 0.3) is 0 Å². The van der Waals surface area contributed by atoms with Crippen molar-refractivity contribution < 1.29 is 10.2 Å². The number of nitrogen functional groups attached to an aromatic ring is 2. The summed E-state index contributed by atoms with van der Waals surface area (Å²) < 4.78 is 0. The number of anilines is 2. The largest absolute Gasteiger partial charge is 0.506 e. The van der Waals surface area contributed by atoms with Crippen LogP contribution in [0.15, 0.2) is 36.4 Å². The number of phenols is 2. The van der Waals surface area contributed by atoms with Gasteiger partial charge in [0.15, 0.2) is 0 Å². The Labute approximate surface area is 127 Å². The van der Waals surface area contributed by atoms with Gasteiger partial charge >= 0.3 is 0 Å². The molecule has 0 bridgehead atoms. The van der Waals surface area contributed by atoms with Crippen LogP contribution in [0.3, 0.4) is 0 Å². The molecule has 0 radical (unpaired) electrons. The van der Waals surface area contributed by atoms with Crippen LogP contribution in [0.2, 0.25) is 0 Å². The van der Waals surface area contributed by atoms with E-state index in [4.69, 9.17) is 11.5 Å². The van der Waals surface area contributed by atoms with E-state index in [1.165, 1.54) is 0 Å². The molecule has 0 aliphatic heterocycles. The summed E-state index contributed by atoms with van der Waals surface area (Å²) in [7, 11) is 2.87. The zero-order valence-corrected chi connectivity index (χ0v) is 13.2. The lowest BCUT2D eigenvalue weighted by molar-refractivity contribution is 0.477. The van der Waals surface area contributed by atoms with Gasteiger partial charge in [0.2, 0.25) is 0 Å². The molecule has 5 heteroatoms. The highest BCUT2D eigenvalue weighted by Gasteiger charge is 2.29. The molecule has 2 aromatic rings. The van der Waals surface area contributed by atoms with Crippen LogP contribution in [0.5, 0.6) is 11.5 Å². The van der Waals surface area contributed by atoms with Crippen LogP contribution < -0.4 is 11.5 Å². The van der Waals surface area contributed by atoms with Gasteiger partial charge in [-0.2, -0.15) is 0 Å². The maximum atomic E-state index is 9.61. The molecule has 0 saturated heterocycles. The summed E-state index contributed by atoms with van der Waals surface area (Å²) in [6.07, 6.45) is 1.83. The molecule has 112 valence electrons. The molecule has 2 rings (SSSR count). The predicted molar refractivity (Wildman–Crippen MR) is 90.4 cm³/mol. The molecule has 0 saturated carbocycles. The monoisotopic (exact) mass is 304 g/mol. The Morgan fingerprint density at radius 1 is 0.952 bits per heavy atom. The van der Waals surface area contributed by atoms with Crippen LogP contribution in [0, 0.1) is 0 Å². The van der Waals surface area contributed by atoms with Gasteiger partial charge in [0.25, 0.3) is 0 Å². The van der Waals surface area contributed by atoms with Crippen molar-refractivity contribution in [3.8, 4) is 11.5 Å². The third-order valence-electron chi connectivity index (χ3n) is 3.73. The molecular formula is C16H21N2O2P. The summed E-state index contributed by atoms with van der Waals surface area (Å²) in [5.41, 5.74) is 14.3. The molecule has 6 N–H and O–H groups in total. The van der Waals surface area contributed by atoms with E-state index in [2.05, 4.69) is 16.2 Å². The Morgan fingerprint density at radius 2 is 1.38 bits per heavy atom. The highest BCUT2D eigenvalue weighted by Crippen LogP contribution is 2.45. The van der Waals surface area contributed by atoms with Crippen molar-refractivity contribution in [1.82, 2.24) is 0 Å². The average molecular weight is 304 g/mol. The molecule has 21 heavy (non-hydrogen) atoms. The number of phenolic OH excluding ortho intramolecular Hbond substituents is 2. The molecule has 2 aromatic carbocycles. The molecule has 0 heterocycles. The molecule has 0 fully saturated rings. The zero-order valence-electron chi connectivity index (χ0n) is 12.0. The Morgan fingerprint density at radius 3 is 1.71 bits per heavy atom. The first-order chi connectivity index (χ1) is 9.88. The van der Waals surface area contributed by atoms with Crippen molar-refractivity contribution in [2.75, 3.05) is 11.5 Å². The van der Waals surface area contributed by atoms with Gasteiger partial charge in [-0.25, -0.2) is 0 Å². The lowest BCUT2D eigenvalue weighted by atomic mass is 9.85. The Kier molecular flexibility index (Phi) is 4.29. The molecule has 4 nitrogen and oxygen atoms in total. The van der Waals surface area contributed by atoms with Crippen molar-refractivity contribution in [3.05, 3.63) is 47.5 Å². The summed E-state index contributed by atoms with van der Waals surface area (Å²) in [4.78, 5) is 0. The van der Waals surface area contributed by atoms with Crippen molar-refractivity contribution in [1.29, 1.82) is 0 Å². The minimum absolute atomic E-state index is 0.0767. The lowest BCUT2D eigenvalue weighted by Crippen LogP contribution is -2.20. The smallest absolute Gasteiger partial charge is 0.138 e. The summed E-state index contributed by atoms with van der Waals surface area (Å²) in [5, 5.41) is 18.8. The quantitative estimate of drug-likeness (QED) is 0.396. The fourth-order valence-corrected chi connectivity index (χ4v) is 3.16. The van der Waals surface area contributed by atoms with E-state index in [-0.39, 0.29) is 16.7 Å². The highest BCUT2D eigenvalue weighted by atomic mass is 31.0. The second kappa shape index (κ2) is 5.82. The van der Waals surface area contributed by atoms with Crippen molar-refractivity contribution in [2.45, 2.75) is 24.9 Å². The molecule has 0 aliphatic rings. The first kappa shape index (κ1) is 15.5. The van der Waals surface area contributed by atoms with Gasteiger partial charge in [0, 0.05) is 5.16 Å². The van der Waals surface area contributed by atoms with E-state index in [0.29, 0.717) is 11.4 Å². The number of aromatic hydroxyl groups is 2. The van der Waals surface area contributed by atoms with E-state index < -0.39 is 0 Å². The topological polar surface area (TPSA) is 92.5 Å². The Balaban J connectivity index is 2.57. The zero-order chi connectivity index (χ0) is 15.6. The van der Waals surface area contributed by atoms with Gasteiger partial charge in [-0.3, -0.25) is 0 Å². The number of benzene rings is 2. The fourth-order valence-electron chi connectivity index (χ4n) is 2.51. The average Bonchev–Trinajstić information content (AvgIpc) is 2.45. The number of hydrogen-bond donors (Lipinski definition) is 4. The van der Waals surface area contributed by atoms with E-state index in [1.54, 1.807) is 24.3 Å². The molecule has 0 amide bonds. The third-order valence-corrected chi connectivity index (χ3v) is 4.68. The first-order valence-electron chi connectivity index (χ1n) is 6.85. The summed E-state index contributed by atoms with van der Waals surface area (Å²) in [6, 6.07) is 10.5. The van der Waals surface area contributed by atoms with E-state index in [0.717, 1.165) is 24.0 Å². The summed E-state index contributed by atoms with van der Waals surface area (Å²) >= 11 is 0. The van der Waals surface area contributed by atoms with Gasteiger partial charge in [0.05, 0.1) is 11.4 Å². The van der Waals surface area contributed by atoms with Crippen LogP contribution in [-0.2, 0) is 5.16 Å². The van der Waals surface area contributed by atoms with Crippen LogP contribution in [0.1, 0.15) is 30.9 Å². The molecule has 0 aromatic heterocycles. The summed E-state index contributed by atoms with van der Waals surface area (Å²) in [5.74, 6) is 0.153. The maximum absolute atomic E-state index is 9.61. The van der Waals surface area contributed by atoms with E-state index in [1.807, 2.05) is 12.1 Å².